The fourth-order valence-corrected chi connectivity index (χ4v) is 4.03. The molecule has 5 heteroatoms. The van der Waals surface area contributed by atoms with Crippen molar-refractivity contribution in [3.05, 3.63) is 65.2 Å². The Morgan fingerprint density at radius 2 is 2.08 bits per heavy atom. The first-order chi connectivity index (χ1) is 11.6. The van der Waals surface area contributed by atoms with Crippen LogP contribution in [0.25, 0.3) is 21.4 Å². The molecule has 0 radical (unpaired) electrons. The molecule has 118 valence electrons. The average Bonchev–Trinajstić information content (AvgIpc) is 3.43. The van der Waals surface area contributed by atoms with Gasteiger partial charge in [-0.25, -0.2) is 16.2 Å². The lowest BCUT2D eigenvalue weighted by Gasteiger charge is -2.08. The summed E-state index contributed by atoms with van der Waals surface area (Å²) in [4.78, 5) is 7.77. The van der Waals surface area contributed by atoms with Gasteiger partial charge in [0.15, 0.2) is 0 Å². The van der Waals surface area contributed by atoms with Gasteiger partial charge in [0.05, 0.1) is 22.8 Å². The smallest absolute Gasteiger partial charge is 0.264 e. The molecule has 0 saturated heterocycles. The van der Waals surface area contributed by atoms with Crippen molar-refractivity contribution >= 4 is 10.9 Å². The van der Waals surface area contributed by atoms with Gasteiger partial charge in [-0.2, -0.15) is 9.49 Å². The van der Waals surface area contributed by atoms with E-state index < -0.39 is 5.95 Å². The van der Waals surface area contributed by atoms with Crippen LogP contribution in [-0.2, 0) is 5.54 Å². The van der Waals surface area contributed by atoms with Crippen LogP contribution in [0.3, 0.4) is 0 Å². The van der Waals surface area contributed by atoms with Gasteiger partial charge < -0.3 is 4.85 Å². The Bertz CT molecular complexity index is 1020. The van der Waals surface area contributed by atoms with Crippen LogP contribution in [0, 0.1) is 24.9 Å². The molecule has 1 unspecified atom stereocenters. The number of hydrogen-bond acceptors (Lipinski definition) is 2. The third-order valence-electron chi connectivity index (χ3n) is 5.59. The molecule has 1 atom stereocenters. The Kier molecular flexibility index (Phi) is 2.40. The first-order valence-corrected chi connectivity index (χ1v) is 8.08. The molecule has 3 aromatic rings. The second-order valence-corrected chi connectivity index (χ2v) is 7.05. The van der Waals surface area contributed by atoms with Gasteiger partial charge in [-0.15, -0.1) is 0 Å². The van der Waals surface area contributed by atoms with Crippen LogP contribution in [-0.4, -0.2) is 14.8 Å². The summed E-state index contributed by atoms with van der Waals surface area (Å²) in [5.74, 6) is -0.512. The van der Waals surface area contributed by atoms with Crippen LogP contribution in [0.5, 0.6) is 0 Å². The first-order valence-electron chi connectivity index (χ1n) is 8.08. The average molecular weight is 318 g/mol. The third kappa shape index (κ3) is 1.66. The standard InChI is InChI=1S/C19H15FN4/c1-12-7-15(9-17(20)23-12)24-16-8-14(4-3-13(16)10-22-24)19(21-2)11-18(19)5-6-18/h3-4,7-10H,5-6,11H2,1H3. The Morgan fingerprint density at radius 3 is 2.75 bits per heavy atom. The monoisotopic (exact) mass is 318 g/mol. The van der Waals surface area contributed by atoms with Gasteiger partial charge in [-0.05, 0) is 31.9 Å². The molecule has 1 spiro atoms. The van der Waals surface area contributed by atoms with Crippen molar-refractivity contribution in [3.8, 4) is 5.69 Å². The van der Waals surface area contributed by atoms with Gasteiger partial charge in [-0.3, -0.25) is 0 Å². The molecule has 2 aliphatic rings. The Morgan fingerprint density at radius 1 is 1.25 bits per heavy atom. The zero-order valence-corrected chi connectivity index (χ0v) is 13.3. The van der Waals surface area contributed by atoms with Crippen LogP contribution < -0.4 is 0 Å². The van der Waals surface area contributed by atoms with Crippen molar-refractivity contribution in [1.82, 2.24) is 14.8 Å². The second kappa shape index (κ2) is 4.21. The van der Waals surface area contributed by atoms with E-state index in [0.29, 0.717) is 11.4 Å². The fraction of sp³-hybridized carbons (Fsp3) is 0.316. The van der Waals surface area contributed by atoms with Crippen molar-refractivity contribution in [2.45, 2.75) is 31.7 Å². The van der Waals surface area contributed by atoms with Crippen LogP contribution in [0.2, 0.25) is 0 Å². The lowest BCUT2D eigenvalue weighted by molar-refractivity contribution is 0.578. The highest BCUT2D eigenvalue weighted by Gasteiger charge is 2.82. The zero-order valence-electron chi connectivity index (χ0n) is 13.3. The molecule has 0 bridgehead atoms. The van der Waals surface area contributed by atoms with E-state index in [0.717, 1.165) is 35.7 Å². The van der Waals surface area contributed by atoms with Crippen LogP contribution >= 0.6 is 0 Å². The molecule has 1 aromatic carbocycles. The quantitative estimate of drug-likeness (QED) is 0.525. The lowest BCUT2D eigenvalue weighted by atomic mass is 10.0. The normalized spacial score (nSPS) is 23.4. The minimum Gasteiger partial charge on any atom is -0.305 e. The topological polar surface area (TPSA) is 35.1 Å². The molecule has 0 amide bonds. The second-order valence-electron chi connectivity index (χ2n) is 7.05. The van der Waals surface area contributed by atoms with E-state index in [1.807, 2.05) is 12.1 Å². The van der Waals surface area contributed by atoms with Crippen molar-refractivity contribution in [3.63, 3.8) is 0 Å². The summed E-state index contributed by atoms with van der Waals surface area (Å²) in [5, 5.41) is 5.40. The maximum absolute atomic E-state index is 13.7. The molecule has 2 aromatic heterocycles. The predicted molar refractivity (Wildman–Crippen MR) is 88.1 cm³/mol. The molecule has 0 N–H and O–H groups in total. The Hall–Kier alpha value is -2.74. The zero-order chi connectivity index (χ0) is 16.5. The summed E-state index contributed by atoms with van der Waals surface area (Å²) >= 11 is 0. The highest BCUT2D eigenvalue weighted by molar-refractivity contribution is 5.81. The molecule has 4 nitrogen and oxygen atoms in total. The number of pyridine rings is 1. The van der Waals surface area contributed by atoms with E-state index in [-0.39, 0.29) is 11.0 Å². The summed E-state index contributed by atoms with van der Waals surface area (Å²) in [5.41, 5.74) is 3.11. The maximum atomic E-state index is 13.7. The fourth-order valence-electron chi connectivity index (χ4n) is 4.03. The molecular formula is C19H15FN4. The van der Waals surface area contributed by atoms with Gasteiger partial charge in [0.2, 0.25) is 5.95 Å². The van der Waals surface area contributed by atoms with Crippen LogP contribution in [0.1, 0.15) is 30.5 Å². The summed E-state index contributed by atoms with van der Waals surface area (Å²) in [7, 11) is 0. The summed E-state index contributed by atoms with van der Waals surface area (Å²) in [6.45, 7) is 9.45. The molecule has 2 fully saturated rings. The van der Waals surface area contributed by atoms with E-state index in [4.69, 9.17) is 6.57 Å². The third-order valence-corrected chi connectivity index (χ3v) is 5.59. The Balaban J connectivity index is 1.69. The summed E-state index contributed by atoms with van der Waals surface area (Å²) in [6.07, 6.45) is 5.05. The lowest BCUT2D eigenvalue weighted by Crippen LogP contribution is -2.05. The van der Waals surface area contributed by atoms with Crippen molar-refractivity contribution < 1.29 is 4.39 Å². The highest BCUT2D eigenvalue weighted by Crippen LogP contribution is 2.79. The number of hydrogen-bond donors (Lipinski definition) is 0. The molecule has 2 aliphatic carbocycles. The number of aromatic nitrogens is 3. The van der Waals surface area contributed by atoms with Gasteiger partial charge in [-0.1, -0.05) is 12.1 Å². The number of aryl methyl sites for hydroxylation is 1. The minimum absolute atomic E-state index is 0.229. The molecule has 5 rings (SSSR count). The van der Waals surface area contributed by atoms with E-state index in [2.05, 4.69) is 27.1 Å². The summed E-state index contributed by atoms with van der Waals surface area (Å²) in [6, 6.07) is 9.32. The highest BCUT2D eigenvalue weighted by atomic mass is 19.1. The Labute approximate surface area is 138 Å². The first kappa shape index (κ1) is 13.7. The number of halogens is 1. The number of fused-ring (bicyclic) bond motifs is 1. The summed E-state index contributed by atoms with van der Waals surface area (Å²) < 4.78 is 15.4. The van der Waals surface area contributed by atoms with Crippen molar-refractivity contribution in [1.29, 1.82) is 0 Å². The minimum atomic E-state index is -0.512. The van der Waals surface area contributed by atoms with E-state index in [1.165, 1.54) is 6.07 Å². The number of nitrogens with zero attached hydrogens (tertiary/aromatic N) is 4. The van der Waals surface area contributed by atoms with Gasteiger partial charge in [0, 0.05) is 29.1 Å². The van der Waals surface area contributed by atoms with E-state index in [9.17, 15) is 4.39 Å². The van der Waals surface area contributed by atoms with Gasteiger partial charge in [0.1, 0.15) is 0 Å². The van der Waals surface area contributed by atoms with Crippen LogP contribution in [0.15, 0.2) is 36.5 Å². The van der Waals surface area contributed by atoms with Crippen LogP contribution in [0.4, 0.5) is 4.39 Å². The largest absolute Gasteiger partial charge is 0.305 e. The maximum Gasteiger partial charge on any atom is 0.264 e. The predicted octanol–water partition coefficient (Wildman–Crippen LogP) is 4.17. The van der Waals surface area contributed by atoms with Gasteiger partial charge in [0.25, 0.3) is 5.54 Å². The molecule has 2 heterocycles. The van der Waals surface area contributed by atoms with Gasteiger partial charge >= 0.3 is 0 Å². The van der Waals surface area contributed by atoms with Crippen molar-refractivity contribution in [2.75, 3.05) is 0 Å². The SMILES string of the molecule is [C-]#[N+]C1(c2ccc3cnn(-c4cc(C)nc(F)c4)c3c2)CC12CC2. The molecule has 0 aliphatic heterocycles. The van der Waals surface area contributed by atoms with E-state index >= 15 is 0 Å². The molecular weight excluding hydrogens is 303 g/mol. The van der Waals surface area contributed by atoms with E-state index in [1.54, 1.807) is 17.8 Å². The molecule has 2 saturated carbocycles. The number of benzene rings is 1. The molecule has 24 heavy (non-hydrogen) atoms. The number of rotatable bonds is 2. The van der Waals surface area contributed by atoms with Crippen molar-refractivity contribution in [2.24, 2.45) is 5.41 Å².